The third-order valence-corrected chi connectivity index (χ3v) is 1.51. The average Bonchev–Trinajstić information content (AvgIpc) is 1.94. The van der Waals surface area contributed by atoms with Gasteiger partial charge in [0.15, 0.2) is 6.04 Å². The quantitative estimate of drug-likeness (QED) is 0.372. The van der Waals surface area contributed by atoms with Crippen molar-refractivity contribution in [1.29, 1.82) is 0 Å². The fourth-order valence-corrected chi connectivity index (χ4v) is 0.907. The molecule has 1 fully saturated rings. The van der Waals surface area contributed by atoms with Crippen LogP contribution in [0.4, 0.5) is 0 Å². The van der Waals surface area contributed by atoms with Crippen LogP contribution < -0.4 is 10.6 Å². The number of nitrogens with one attached hydrogen (secondary N) is 2. The molecule has 11 heavy (non-hydrogen) atoms. The van der Waals surface area contributed by atoms with Crippen LogP contribution in [0.15, 0.2) is 12.4 Å². The Morgan fingerprint density at radius 1 is 1.73 bits per heavy atom. The Kier molecular flexibility index (Phi) is 2.00. The second kappa shape index (κ2) is 2.79. The van der Waals surface area contributed by atoms with Crippen LogP contribution in [0, 0.1) is 0 Å². The molecule has 1 aliphatic rings. The van der Waals surface area contributed by atoms with Crippen LogP contribution in [0.3, 0.4) is 0 Å². The van der Waals surface area contributed by atoms with E-state index in [1.54, 1.807) is 0 Å². The molecule has 1 heterocycles. The summed E-state index contributed by atoms with van der Waals surface area (Å²) in [4.78, 5) is 10.4. The van der Waals surface area contributed by atoms with E-state index in [2.05, 4.69) is 17.2 Å². The summed E-state index contributed by atoms with van der Waals surface area (Å²) in [5.74, 6) is -0.636. The van der Waals surface area contributed by atoms with Crippen molar-refractivity contribution >= 4 is 5.97 Å². The van der Waals surface area contributed by atoms with E-state index in [0.29, 0.717) is 5.82 Å². The maximum Gasteiger partial charge on any atom is 0.328 e. The summed E-state index contributed by atoms with van der Waals surface area (Å²) in [6, 6.07) is -0.941. The number of β-amino-alcohol motifs (C(OH)–C–C–N with tert-alkyl or cyclic N) is 1. The lowest BCUT2D eigenvalue weighted by Crippen LogP contribution is -2.56. The van der Waals surface area contributed by atoms with Gasteiger partial charge in [0.25, 0.3) is 0 Å². The molecule has 0 unspecified atom stereocenters. The number of aliphatic carboxylic acids is 1. The van der Waals surface area contributed by atoms with Crippen molar-refractivity contribution in [1.82, 2.24) is 10.6 Å². The Morgan fingerprint density at radius 3 is 2.82 bits per heavy atom. The fraction of sp³-hybridized carbons (Fsp3) is 0.500. The van der Waals surface area contributed by atoms with E-state index in [4.69, 9.17) is 10.2 Å². The molecule has 62 valence electrons. The predicted octanol–water partition coefficient (Wildman–Crippen LogP) is -1.54. The normalized spacial score (nSPS) is 30.5. The van der Waals surface area contributed by atoms with Crippen molar-refractivity contribution < 1.29 is 15.0 Å². The lowest BCUT2D eigenvalue weighted by atomic mass is 10.1. The Bertz CT molecular complexity index is 192. The number of carboxylic acids is 1. The molecule has 1 aliphatic heterocycles. The van der Waals surface area contributed by atoms with Gasteiger partial charge in [-0.1, -0.05) is 6.58 Å². The van der Waals surface area contributed by atoms with Gasteiger partial charge in [0.1, 0.15) is 6.10 Å². The first kappa shape index (κ1) is 7.87. The highest BCUT2D eigenvalue weighted by molar-refractivity contribution is 5.74. The third kappa shape index (κ3) is 1.62. The van der Waals surface area contributed by atoms with Gasteiger partial charge >= 0.3 is 5.97 Å². The lowest BCUT2D eigenvalue weighted by Gasteiger charge is -2.29. The number of hydrogen-bond donors (Lipinski definition) is 4. The summed E-state index contributed by atoms with van der Waals surface area (Å²) >= 11 is 0. The summed E-state index contributed by atoms with van der Waals surface area (Å²) in [5.41, 5.74) is 0. The monoisotopic (exact) mass is 158 g/mol. The van der Waals surface area contributed by atoms with E-state index in [0.717, 1.165) is 0 Å². The minimum atomic E-state index is -1.07. The van der Waals surface area contributed by atoms with Crippen LogP contribution in [0.1, 0.15) is 0 Å². The molecular formula is C6H10N2O3. The summed E-state index contributed by atoms with van der Waals surface area (Å²) in [6.45, 7) is 3.71. The molecule has 0 aromatic carbocycles. The van der Waals surface area contributed by atoms with Crippen molar-refractivity contribution in [2.75, 3.05) is 6.54 Å². The molecule has 5 heteroatoms. The molecule has 4 N–H and O–H groups in total. The van der Waals surface area contributed by atoms with Crippen molar-refractivity contribution in [3.05, 3.63) is 12.4 Å². The van der Waals surface area contributed by atoms with Gasteiger partial charge in [0.05, 0.1) is 5.82 Å². The van der Waals surface area contributed by atoms with Crippen LogP contribution in [-0.4, -0.2) is 34.9 Å². The molecule has 0 bridgehead atoms. The molecule has 0 aliphatic carbocycles. The standard InChI is InChI=1S/C6H10N2O3/c1-3-7-2-4(9)5(8-3)6(10)11/h4-5,7-9H,1-2H2,(H,10,11)/t4-,5-/m0/s1. The van der Waals surface area contributed by atoms with E-state index >= 15 is 0 Å². The van der Waals surface area contributed by atoms with E-state index in [1.807, 2.05) is 0 Å². The van der Waals surface area contributed by atoms with Crippen molar-refractivity contribution in [2.45, 2.75) is 12.1 Å². The minimum Gasteiger partial charge on any atom is -0.480 e. The van der Waals surface area contributed by atoms with Crippen molar-refractivity contribution in [3.8, 4) is 0 Å². The van der Waals surface area contributed by atoms with E-state index in [1.165, 1.54) is 0 Å². The summed E-state index contributed by atoms with van der Waals surface area (Å²) in [6.07, 6.45) is -0.905. The molecule has 0 radical (unpaired) electrons. The molecule has 0 aromatic heterocycles. The first-order chi connectivity index (χ1) is 5.11. The van der Waals surface area contributed by atoms with Crippen LogP contribution >= 0.6 is 0 Å². The van der Waals surface area contributed by atoms with Gasteiger partial charge in [-0.25, -0.2) is 4.79 Å². The number of aliphatic hydroxyl groups is 1. The molecule has 1 rings (SSSR count). The largest absolute Gasteiger partial charge is 0.480 e. The molecule has 2 atom stereocenters. The highest BCUT2D eigenvalue weighted by Crippen LogP contribution is 2.00. The maximum atomic E-state index is 10.4. The maximum absolute atomic E-state index is 10.4. The number of carboxylic acid groups (broad SMARTS) is 1. The van der Waals surface area contributed by atoms with E-state index in [9.17, 15) is 4.79 Å². The molecule has 1 saturated heterocycles. The number of hydrogen-bond acceptors (Lipinski definition) is 4. The minimum absolute atomic E-state index is 0.225. The highest BCUT2D eigenvalue weighted by atomic mass is 16.4. The van der Waals surface area contributed by atoms with Crippen molar-refractivity contribution in [3.63, 3.8) is 0 Å². The Balaban J connectivity index is 2.61. The van der Waals surface area contributed by atoms with Gasteiger partial charge in [-0.3, -0.25) is 0 Å². The van der Waals surface area contributed by atoms with Gasteiger partial charge in [0.2, 0.25) is 0 Å². The molecule has 0 saturated carbocycles. The summed E-state index contributed by atoms with van der Waals surface area (Å²) in [7, 11) is 0. The molecule has 0 amide bonds. The SMILES string of the molecule is C=C1NC[C@H](O)[C@@H](C(=O)O)N1. The highest BCUT2D eigenvalue weighted by Gasteiger charge is 2.29. The second-order valence-electron chi connectivity index (χ2n) is 2.39. The Morgan fingerprint density at radius 2 is 2.36 bits per heavy atom. The van der Waals surface area contributed by atoms with Crippen LogP contribution in [0.25, 0.3) is 0 Å². The van der Waals surface area contributed by atoms with Gasteiger partial charge < -0.3 is 20.8 Å². The first-order valence-electron chi connectivity index (χ1n) is 3.21. The van der Waals surface area contributed by atoms with E-state index < -0.39 is 18.1 Å². The van der Waals surface area contributed by atoms with Gasteiger partial charge in [-0.15, -0.1) is 0 Å². The van der Waals surface area contributed by atoms with Crippen LogP contribution in [0.2, 0.25) is 0 Å². The zero-order chi connectivity index (χ0) is 8.43. The lowest BCUT2D eigenvalue weighted by molar-refractivity contribution is -0.142. The molecule has 5 nitrogen and oxygen atoms in total. The Hall–Kier alpha value is -1.23. The van der Waals surface area contributed by atoms with Crippen molar-refractivity contribution in [2.24, 2.45) is 0 Å². The predicted molar refractivity (Wildman–Crippen MR) is 37.7 cm³/mol. The Labute approximate surface area is 63.7 Å². The second-order valence-corrected chi connectivity index (χ2v) is 2.39. The average molecular weight is 158 g/mol. The summed E-state index contributed by atoms with van der Waals surface area (Å²) in [5, 5.41) is 22.9. The topological polar surface area (TPSA) is 81.6 Å². The van der Waals surface area contributed by atoms with Gasteiger partial charge in [-0.2, -0.15) is 0 Å². The number of rotatable bonds is 1. The number of carbonyl (C=O) groups is 1. The van der Waals surface area contributed by atoms with Gasteiger partial charge in [-0.05, 0) is 0 Å². The van der Waals surface area contributed by atoms with E-state index in [-0.39, 0.29) is 6.54 Å². The molecule has 0 aromatic rings. The molecule has 0 spiro atoms. The zero-order valence-corrected chi connectivity index (χ0v) is 5.87. The first-order valence-corrected chi connectivity index (χ1v) is 3.21. The third-order valence-electron chi connectivity index (χ3n) is 1.51. The zero-order valence-electron chi connectivity index (χ0n) is 5.87. The summed E-state index contributed by atoms with van der Waals surface area (Å²) < 4.78 is 0. The van der Waals surface area contributed by atoms with Crippen LogP contribution in [-0.2, 0) is 4.79 Å². The molecular weight excluding hydrogens is 148 g/mol. The smallest absolute Gasteiger partial charge is 0.328 e. The van der Waals surface area contributed by atoms with Crippen LogP contribution in [0.5, 0.6) is 0 Å². The number of aliphatic hydroxyl groups excluding tert-OH is 1. The van der Waals surface area contributed by atoms with Gasteiger partial charge in [0, 0.05) is 6.54 Å². The fourth-order valence-electron chi connectivity index (χ4n) is 0.907.